The molecule has 0 saturated heterocycles. The number of nitrogens with zero attached hydrogens (tertiary/aromatic N) is 2. The molecule has 3 aromatic rings. The van der Waals surface area contributed by atoms with Gasteiger partial charge in [-0.15, -0.1) is 10.2 Å². The Morgan fingerprint density at radius 3 is 2.53 bits per heavy atom. The van der Waals surface area contributed by atoms with Crippen LogP contribution in [0.4, 0.5) is 5.13 Å². The Hall–Kier alpha value is -2.68. The van der Waals surface area contributed by atoms with Crippen LogP contribution in [0.2, 0.25) is 0 Å². The van der Waals surface area contributed by atoms with Gasteiger partial charge in [-0.1, -0.05) is 77.0 Å². The van der Waals surface area contributed by atoms with E-state index in [0.717, 1.165) is 11.1 Å². The monoisotopic (exact) mass is 464 g/mol. The largest absolute Gasteiger partial charge is 0.497 e. The molecule has 10 heteroatoms. The average molecular weight is 465 g/mol. The van der Waals surface area contributed by atoms with Gasteiger partial charge in [-0.3, -0.25) is 14.9 Å². The first-order valence-electron chi connectivity index (χ1n) is 8.87. The normalized spacial score (nSPS) is 11.7. The first-order valence-corrected chi connectivity index (χ1v) is 10.6. The van der Waals surface area contributed by atoms with Crippen LogP contribution in [-0.2, 0) is 16.0 Å². The molecule has 3 rings (SSSR count). The quantitative estimate of drug-likeness (QED) is 0.495. The minimum Gasteiger partial charge on any atom is -0.497 e. The molecule has 156 valence electrons. The molecule has 0 saturated carbocycles. The van der Waals surface area contributed by atoms with E-state index in [-0.39, 0.29) is 6.42 Å². The Balaban J connectivity index is 1.74. The molecule has 0 aliphatic heterocycles. The van der Waals surface area contributed by atoms with Crippen molar-refractivity contribution in [2.45, 2.75) is 17.3 Å². The molecule has 30 heavy (non-hydrogen) atoms. The van der Waals surface area contributed by atoms with Gasteiger partial charge in [-0.2, -0.15) is 0 Å². The van der Waals surface area contributed by atoms with Crippen molar-refractivity contribution in [2.75, 3.05) is 12.4 Å². The minimum atomic E-state index is -1.28. The van der Waals surface area contributed by atoms with Crippen molar-refractivity contribution < 1.29 is 14.3 Å². The van der Waals surface area contributed by atoms with Crippen molar-refractivity contribution in [3.05, 3.63) is 60.2 Å². The van der Waals surface area contributed by atoms with Crippen molar-refractivity contribution in [1.82, 2.24) is 15.5 Å². The van der Waals surface area contributed by atoms with Crippen LogP contribution < -0.4 is 15.4 Å². The van der Waals surface area contributed by atoms with Crippen LogP contribution in [-0.4, -0.2) is 40.0 Å². The van der Waals surface area contributed by atoms with Gasteiger partial charge in [0.2, 0.25) is 11.0 Å². The number of carbonyl (C=O) groups is 2. The second-order valence-electron chi connectivity index (χ2n) is 6.19. The number of halogens is 2. The average Bonchev–Trinajstić information content (AvgIpc) is 3.22. The summed E-state index contributed by atoms with van der Waals surface area (Å²) in [7, 11) is 1.58. The summed E-state index contributed by atoms with van der Waals surface area (Å²) in [6.07, 6.45) is 0.264. The fraction of sp³-hybridized carbons (Fsp3) is 0.200. The number of amides is 2. The summed E-state index contributed by atoms with van der Waals surface area (Å²) in [6, 6.07) is 15.8. The first-order chi connectivity index (χ1) is 14.5. The van der Waals surface area contributed by atoms with Crippen LogP contribution in [0.25, 0.3) is 10.6 Å². The maximum absolute atomic E-state index is 12.8. The van der Waals surface area contributed by atoms with Gasteiger partial charge in [-0.05, 0) is 17.7 Å². The van der Waals surface area contributed by atoms with Gasteiger partial charge in [0.15, 0.2) is 4.84 Å². The molecular formula is C20H18Cl2N4O3S. The van der Waals surface area contributed by atoms with Gasteiger partial charge in [0, 0.05) is 12.0 Å². The molecule has 2 aromatic carbocycles. The predicted octanol–water partition coefficient (Wildman–Crippen LogP) is 3.68. The Labute approximate surface area is 187 Å². The lowest BCUT2D eigenvalue weighted by molar-refractivity contribution is -0.125. The Morgan fingerprint density at radius 1 is 1.07 bits per heavy atom. The second-order valence-corrected chi connectivity index (χ2v) is 8.26. The number of benzene rings is 2. The Morgan fingerprint density at radius 2 is 1.83 bits per heavy atom. The Kier molecular flexibility index (Phi) is 7.62. The molecular weight excluding hydrogens is 447 g/mol. The third-order valence-corrected chi connectivity index (χ3v) is 5.37. The SMILES string of the molecule is COc1cccc(-c2nnc(NC(=O)[C@@H](Cc3ccccc3)NC(=O)C(Cl)Cl)s2)c1. The predicted molar refractivity (Wildman–Crippen MR) is 118 cm³/mol. The van der Waals surface area contributed by atoms with E-state index in [2.05, 4.69) is 20.8 Å². The number of hydrogen-bond acceptors (Lipinski definition) is 6. The van der Waals surface area contributed by atoms with Crippen LogP contribution in [0.1, 0.15) is 5.56 Å². The molecule has 2 N–H and O–H groups in total. The zero-order chi connectivity index (χ0) is 21.5. The van der Waals surface area contributed by atoms with Gasteiger partial charge < -0.3 is 10.1 Å². The van der Waals surface area contributed by atoms with Crippen LogP contribution in [0.15, 0.2) is 54.6 Å². The third kappa shape index (κ3) is 5.91. The number of rotatable bonds is 8. The van der Waals surface area contributed by atoms with Gasteiger partial charge >= 0.3 is 0 Å². The van der Waals surface area contributed by atoms with E-state index in [4.69, 9.17) is 27.9 Å². The van der Waals surface area contributed by atoms with E-state index in [1.807, 2.05) is 54.6 Å². The second kappa shape index (κ2) is 10.4. The number of anilines is 1. The molecule has 1 aromatic heterocycles. The topological polar surface area (TPSA) is 93.2 Å². The van der Waals surface area contributed by atoms with Crippen LogP contribution in [0.5, 0.6) is 5.75 Å². The van der Waals surface area contributed by atoms with E-state index in [1.165, 1.54) is 11.3 Å². The number of nitrogens with one attached hydrogen (secondary N) is 2. The van der Waals surface area contributed by atoms with Crippen molar-refractivity contribution >= 4 is 51.5 Å². The summed E-state index contributed by atoms with van der Waals surface area (Å²) in [5.74, 6) is -0.408. The molecule has 0 radical (unpaired) electrons. The van der Waals surface area contributed by atoms with E-state index in [0.29, 0.717) is 15.9 Å². The number of aromatic nitrogens is 2. The van der Waals surface area contributed by atoms with E-state index < -0.39 is 22.7 Å². The highest BCUT2D eigenvalue weighted by molar-refractivity contribution is 7.18. The zero-order valence-electron chi connectivity index (χ0n) is 15.8. The van der Waals surface area contributed by atoms with Gasteiger partial charge in [-0.25, -0.2) is 0 Å². The van der Waals surface area contributed by atoms with Gasteiger partial charge in [0.25, 0.3) is 5.91 Å². The van der Waals surface area contributed by atoms with E-state index in [1.54, 1.807) is 7.11 Å². The van der Waals surface area contributed by atoms with Crippen LogP contribution >= 0.6 is 34.5 Å². The van der Waals surface area contributed by atoms with Crippen LogP contribution in [0.3, 0.4) is 0 Å². The standard InChI is InChI=1S/C20H18Cl2N4O3S/c1-29-14-9-5-8-13(11-14)19-25-26-20(30-19)24-17(27)15(23-18(28)16(21)22)10-12-6-3-2-4-7-12/h2-9,11,15-16H,10H2,1H3,(H,23,28)(H,24,26,27)/t15-/m1/s1. The highest BCUT2D eigenvalue weighted by Gasteiger charge is 2.25. The maximum atomic E-state index is 12.8. The molecule has 0 aliphatic rings. The number of carbonyl (C=O) groups excluding carboxylic acids is 2. The molecule has 0 spiro atoms. The van der Waals surface area contributed by atoms with Crippen molar-refractivity contribution in [2.24, 2.45) is 0 Å². The molecule has 0 aliphatic carbocycles. The Bertz CT molecular complexity index is 1010. The smallest absolute Gasteiger partial charge is 0.253 e. The molecule has 0 unspecified atom stereocenters. The number of hydrogen-bond donors (Lipinski definition) is 2. The summed E-state index contributed by atoms with van der Waals surface area (Å²) < 4.78 is 5.22. The fourth-order valence-electron chi connectivity index (χ4n) is 2.63. The zero-order valence-corrected chi connectivity index (χ0v) is 18.2. The highest BCUT2D eigenvalue weighted by Crippen LogP contribution is 2.28. The third-order valence-electron chi connectivity index (χ3n) is 4.09. The van der Waals surface area contributed by atoms with Crippen molar-refractivity contribution in [3.63, 3.8) is 0 Å². The van der Waals surface area contributed by atoms with Crippen molar-refractivity contribution in [3.8, 4) is 16.3 Å². The molecule has 0 fully saturated rings. The van der Waals surface area contributed by atoms with E-state index >= 15 is 0 Å². The van der Waals surface area contributed by atoms with Crippen molar-refractivity contribution in [1.29, 1.82) is 0 Å². The van der Waals surface area contributed by atoms with Gasteiger partial charge in [0.1, 0.15) is 16.8 Å². The first kappa shape index (κ1) is 22.0. The number of alkyl halides is 2. The molecule has 0 bridgehead atoms. The summed E-state index contributed by atoms with van der Waals surface area (Å²) in [4.78, 5) is 23.5. The van der Waals surface area contributed by atoms with Gasteiger partial charge in [0.05, 0.1) is 7.11 Å². The molecule has 7 nitrogen and oxygen atoms in total. The summed E-state index contributed by atoms with van der Waals surface area (Å²) in [6.45, 7) is 0. The summed E-state index contributed by atoms with van der Waals surface area (Å²) in [5.41, 5.74) is 1.68. The number of ether oxygens (including phenoxy) is 1. The lowest BCUT2D eigenvalue weighted by Crippen LogP contribution is -2.47. The molecule has 1 heterocycles. The molecule has 1 atom stereocenters. The minimum absolute atomic E-state index is 0.264. The molecule has 2 amide bonds. The maximum Gasteiger partial charge on any atom is 0.253 e. The number of methoxy groups -OCH3 is 1. The lowest BCUT2D eigenvalue weighted by atomic mass is 10.1. The summed E-state index contributed by atoms with van der Waals surface area (Å²) >= 11 is 12.5. The van der Waals surface area contributed by atoms with E-state index in [9.17, 15) is 9.59 Å². The van der Waals surface area contributed by atoms with Crippen LogP contribution in [0, 0.1) is 0 Å². The fourth-order valence-corrected chi connectivity index (χ4v) is 3.50. The lowest BCUT2D eigenvalue weighted by Gasteiger charge is -2.18. The highest BCUT2D eigenvalue weighted by atomic mass is 35.5. The summed E-state index contributed by atoms with van der Waals surface area (Å²) in [5, 5.41) is 14.3.